The molecule has 6 heteroatoms. The summed E-state index contributed by atoms with van der Waals surface area (Å²) in [7, 11) is 6.73. The Morgan fingerprint density at radius 2 is 1.85 bits per heavy atom. The lowest BCUT2D eigenvalue weighted by molar-refractivity contribution is -0.128. The van der Waals surface area contributed by atoms with Crippen molar-refractivity contribution in [2.45, 2.75) is 13.0 Å². The Bertz CT molecular complexity index is 464. The van der Waals surface area contributed by atoms with Crippen molar-refractivity contribution in [3.8, 4) is 11.5 Å². The molecule has 5 nitrogen and oxygen atoms in total. The van der Waals surface area contributed by atoms with E-state index in [1.54, 1.807) is 33.2 Å². The van der Waals surface area contributed by atoms with E-state index < -0.39 is 0 Å². The highest BCUT2D eigenvalue weighted by Crippen LogP contribution is 2.33. The molecule has 112 valence electrons. The number of methoxy groups -OCH3 is 2. The molecule has 0 aliphatic heterocycles. The Balaban J connectivity index is 2.58. The van der Waals surface area contributed by atoms with E-state index in [1.807, 2.05) is 12.1 Å². The summed E-state index contributed by atoms with van der Waals surface area (Å²) in [5.41, 5.74) is 1.06. The van der Waals surface area contributed by atoms with Gasteiger partial charge in [0.15, 0.2) is 11.5 Å². The molecular formula is C14H21BrN2O3. The quantitative estimate of drug-likeness (QED) is 0.769. The first-order valence-corrected chi connectivity index (χ1v) is 7.10. The summed E-state index contributed by atoms with van der Waals surface area (Å²) >= 11 is 3.50. The second-order valence-corrected chi connectivity index (χ2v) is 5.37. The van der Waals surface area contributed by atoms with E-state index in [1.165, 1.54) is 0 Å². The molecule has 1 amide bonds. The zero-order chi connectivity index (χ0) is 15.1. The maximum absolute atomic E-state index is 11.4. The van der Waals surface area contributed by atoms with Crippen molar-refractivity contribution in [2.24, 2.45) is 0 Å². The van der Waals surface area contributed by atoms with E-state index in [-0.39, 0.29) is 5.91 Å². The molecule has 1 aromatic rings. The summed E-state index contributed by atoms with van der Waals surface area (Å²) < 4.78 is 11.4. The van der Waals surface area contributed by atoms with Crippen molar-refractivity contribution in [1.29, 1.82) is 0 Å². The Kier molecular flexibility index (Phi) is 6.81. The van der Waals surface area contributed by atoms with Gasteiger partial charge in [-0.15, -0.1) is 0 Å². The summed E-state index contributed by atoms with van der Waals surface area (Å²) in [5, 5.41) is 3.24. The summed E-state index contributed by atoms with van der Waals surface area (Å²) in [5.74, 6) is 1.49. The molecular weight excluding hydrogens is 324 g/mol. The molecule has 0 saturated heterocycles. The van der Waals surface area contributed by atoms with Crippen LogP contribution in [0.15, 0.2) is 16.6 Å². The van der Waals surface area contributed by atoms with Crippen LogP contribution < -0.4 is 14.8 Å². The number of nitrogens with zero attached hydrogens (tertiary/aromatic N) is 1. The second-order valence-electron chi connectivity index (χ2n) is 4.51. The van der Waals surface area contributed by atoms with Gasteiger partial charge in [0.05, 0.1) is 14.2 Å². The number of ether oxygens (including phenoxy) is 2. The average Bonchev–Trinajstić information content (AvgIpc) is 2.43. The van der Waals surface area contributed by atoms with E-state index in [4.69, 9.17) is 9.47 Å². The van der Waals surface area contributed by atoms with Crippen LogP contribution in [0.3, 0.4) is 0 Å². The number of rotatable bonds is 7. The first-order valence-electron chi connectivity index (χ1n) is 6.30. The van der Waals surface area contributed by atoms with E-state index in [2.05, 4.69) is 21.2 Å². The Hall–Kier alpha value is -1.27. The second kappa shape index (κ2) is 8.11. The van der Waals surface area contributed by atoms with Crippen molar-refractivity contribution in [1.82, 2.24) is 10.2 Å². The van der Waals surface area contributed by atoms with E-state index >= 15 is 0 Å². The normalized spacial score (nSPS) is 10.2. The molecule has 0 heterocycles. The molecule has 1 rings (SSSR count). The van der Waals surface area contributed by atoms with Gasteiger partial charge in [0, 0.05) is 38.1 Å². The summed E-state index contributed by atoms with van der Waals surface area (Å²) in [4.78, 5) is 13.0. The highest BCUT2D eigenvalue weighted by atomic mass is 79.9. The minimum absolute atomic E-state index is 0.115. The molecule has 0 saturated carbocycles. The van der Waals surface area contributed by atoms with Crippen molar-refractivity contribution in [3.63, 3.8) is 0 Å². The van der Waals surface area contributed by atoms with E-state index in [9.17, 15) is 4.79 Å². The summed E-state index contributed by atoms with van der Waals surface area (Å²) in [6.45, 7) is 1.29. The number of amides is 1. The van der Waals surface area contributed by atoms with Gasteiger partial charge in [-0.1, -0.05) is 15.9 Å². The number of carbonyl (C=O) groups is 1. The molecule has 0 atom stereocenters. The molecule has 0 unspecified atom stereocenters. The number of halogens is 1. The maximum atomic E-state index is 11.4. The third kappa shape index (κ3) is 4.68. The lowest BCUT2D eigenvalue weighted by Crippen LogP contribution is -2.26. The van der Waals surface area contributed by atoms with Crippen LogP contribution in [0.2, 0.25) is 0 Å². The van der Waals surface area contributed by atoms with Gasteiger partial charge in [0.25, 0.3) is 0 Å². The number of benzene rings is 1. The maximum Gasteiger partial charge on any atom is 0.223 e. The van der Waals surface area contributed by atoms with Gasteiger partial charge in [0.2, 0.25) is 5.91 Å². The minimum Gasteiger partial charge on any atom is -0.493 e. The summed E-state index contributed by atoms with van der Waals surface area (Å²) in [6, 6.07) is 3.80. The first-order chi connectivity index (χ1) is 9.49. The molecule has 1 N–H and O–H groups in total. The predicted molar refractivity (Wildman–Crippen MR) is 82.3 cm³/mol. The van der Waals surface area contributed by atoms with Gasteiger partial charge in [0.1, 0.15) is 0 Å². The molecule has 0 aliphatic rings. The van der Waals surface area contributed by atoms with Crippen molar-refractivity contribution in [2.75, 3.05) is 34.9 Å². The van der Waals surface area contributed by atoms with Crippen LogP contribution >= 0.6 is 15.9 Å². The van der Waals surface area contributed by atoms with Gasteiger partial charge < -0.3 is 19.7 Å². The molecule has 0 spiro atoms. The van der Waals surface area contributed by atoms with Crippen LogP contribution in [0.4, 0.5) is 0 Å². The molecule has 20 heavy (non-hydrogen) atoms. The molecule has 0 bridgehead atoms. The van der Waals surface area contributed by atoms with Gasteiger partial charge in [-0.05, 0) is 17.7 Å². The largest absolute Gasteiger partial charge is 0.493 e. The molecule has 0 aromatic heterocycles. The Labute approximate surface area is 128 Å². The van der Waals surface area contributed by atoms with E-state index in [0.29, 0.717) is 31.0 Å². The predicted octanol–water partition coefficient (Wildman–Crippen LogP) is 2.03. The van der Waals surface area contributed by atoms with Crippen molar-refractivity contribution < 1.29 is 14.3 Å². The zero-order valence-electron chi connectivity index (χ0n) is 12.3. The van der Waals surface area contributed by atoms with Crippen LogP contribution in [-0.4, -0.2) is 45.7 Å². The standard InChI is InChI=1S/C14H21BrN2O3/c1-17(2)14(18)5-6-16-9-10-7-12(19-3)13(20-4)8-11(10)15/h7-8,16H,5-6,9H2,1-4H3. The highest BCUT2D eigenvalue weighted by Gasteiger charge is 2.09. The number of nitrogens with one attached hydrogen (secondary N) is 1. The van der Waals surface area contributed by atoms with Gasteiger partial charge >= 0.3 is 0 Å². The van der Waals surface area contributed by atoms with Gasteiger partial charge in [-0.25, -0.2) is 0 Å². The molecule has 0 fully saturated rings. The number of hydrogen-bond donors (Lipinski definition) is 1. The molecule has 1 aromatic carbocycles. The van der Waals surface area contributed by atoms with Crippen LogP contribution in [0.1, 0.15) is 12.0 Å². The number of carbonyl (C=O) groups excluding carboxylic acids is 1. The van der Waals surface area contributed by atoms with E-state index in [0.717, 1.165) is 10.0 Å². The average molecular weight is 345 g/mol. The fraction of sp³-hybridized carbons (Fsp3) is 0.500. The lowest BCUT2D eigenvalue weighted by atomic mass is 10.2. The SMILES string of the molecule is COc1cc(Br)c(CNCCC(=O)N(C)C)cc1OC. The Morgan fingerprint density at radius 3 is 2.40 bits per heavy atom. The van der Waals surface area contributed by atoms with Crippen molar-refractivity contribution in [3.05, 3.63) is 22.2 Å². The zero-order valence-corrected chi connectivity index (χ0v) is 13.9. The first kappa shape index (κ1) is 16.8. The van der Waals surface area contributed by atoms with Gasteiger partial charge in [-0.2, -0.15) is 0 Å². The van der Waals surface area contributed by atoms with Gasteiger partial charge in [-0.3, -0.25) is 4.79 Å². The number of hydrogen-bond acceptors (Lipinski definition) is 4. The topological polar surface area (TPSA) is 50.8 Å². The highest BCUT2D eigenvalue weighted by molar-refractivity contribution is 9.10. The molecule has 0 radical (unpaired) electrons. The van der Waals surface area contributed by atoms with Crippen LogP contribution in [0.5, 0.6) is 11.5 Å². The molecule has 0 aliphatic carbocycles. The Morgan fingerprint density at radius 1 is 1.25 bits per heavy atom. The summed E-state index contributed by atoms with van der Waals surface area (Å²) in [6.07, 6.45) is 0.484. The fourth-order valence-electron chi connectivity index (χ4n) is 1.67. The third-order valence-electron chi connectivity index (χ3n) is 2.88. The van der Waals surface area contributed by atoms with Crippen LogP contribution in [0.25, 0.3) is 0 Å². The van der Waals surface area contributed by atoms with Crippen LogP contribution in [-0.2, 0) is 11.3 Å². The van der Waals surface area contributed by atoms with Crippen molar-refractivity contribution >= 4 is 21.8 Å². The smallest absolute Gasteiger partial charge is 0.223 e. The monoisotopic (exact) mass is 344 g/mol. The third-order valence-corrected chi connectivity index (χ3v) is 3.62. The lowest BCUT2D eigenvalue weighted by Gasteiger charge is -2.13. The van der Waals surface area contributed by atoms with Crippen LogP contribution in [0, 0.1) is 0 Å². The minimum atomic E-state index is 0.115. The fourth-order valence-corrected chi connectivity index (χ4v) is 2.14.